The van der Waals surface area contributed by atoms with E-state index in [0.717, 1.165) is 23.6 Å². The van der Waals surface area contributed by atoms with Crippen molar-refractivity contribution in [2.45, 2.75) is 65.3 Å². The lowest BCUT2D eigenvalue weighted by Crippen LogP contribution is -2.51. The largest absolute Gasteiger partial charge is 0.377 e. The molecular formula is C25H27ClF3N3. The number of nitrogens with one attached hydrogen (secondary N) is 1. The number of aromatic nitrogens is 2. The fourth-order valence-electron chi connectivity index (χ4n) is 5.40. The fraction of sp³-hybridized carbons (Fsp3) is 0.440. The van der Waals surface area contributed by atoms with Crippen LogP contribution in [0.3, 0.4) is 0 Å². The first-order chi connectivity index (χ1) is 14.8. The van der Waals surface area contributed by atoms with Gasteiger partial charge in [-0.15, -0.1) is 0 Å². The number of nitrogens with zero attached hydrogens (tertiary/aromatic N) is 2. The van der Waals surface area contributed by atoms with Gasteiger partial charge in [0.05, 0.1) is 11.5 Å². The van der Waals surface area contributed by atoms with E-state index >= 15 is 8.78 Å². The summed E-state index contributed by atoms with van der Waals surface area (Å²) in [6, 6.07) is 5.72. The fourth-order valence-corrected chi connectivity index (χ4v) is 5.56. The predicted octanol–water partition coefficient (Wildman–Crippen LogP) is 7.54. The molecule has 0 bridgehead atoms. The Kier molecular flexibility index (Phi) is 5.24. The standard InChI is InChI=1S/C25H27ClF3N3/c1-13-17(26)8-7-15-20(13)23(3,4)12-24(5,25(6,28)29)22(15)32-19-10-9-18(27)21-16(19)11-30-14(2)31-21/h7-11,22,32H,12H2,1-6H3. The van der Waals surface area contributed by atoms with Gasteiger partial charge in [0.1, 0.15) is 17.2 Å². The summed E-state index contributed by atoms with van der Waals surface area (Å²) in [5, 5.41) is 4.40. The van der Waals surface area contributed by atoms with Crippen molar-refractivity contribution < 1.29 is 13.2 Å². The number of hydrogen-bond acceptors (Lipinski definition) is 3. The normalized spacial score (nSPS) is 22.6. The van der Waals surface area contributed by atoms with E-state index in [9.17, 15) is 4.39 Å². The molecule has 3 aromatic rings. The van der Waals surface area contributed by atoms with Crippen LogP contribution in [-0.2, 0) is 5.41 Å². The van der Waals surface area contributed by atoms with Gasteiger partial charge in [0, 0.05) is 22.3 Å². The zero-order valence-corrected chi connectivity index (χ0v) is 19.8. The number of halogens is 4. The minimum absolute atomic E-state index is 0.163. The Morgan fingerprint density at radius 3 is 2.47 bits per heavy atom. The molecule has 170 valence electrons. The zero-order valence-electron chi connectivity index (χ0n) is 19.1. The van der Waals surface area contributed by atoms with Crippen molar-refractivity contribution in [1.82, 2.24) is 9.97 Å². The van der Waals surface area contributed by atoms with E-state index < -0.39 is 28.6 Å². The van der Waals surface area contributed by atoms with Crippen LogP contribution in [0.5, 0.6) is 0 Å². The summed E-state index contributed by atoms with van der Waals surface area (Å²) in [7, 11) is 0. The van der Waals surface area contributed by atoms with Gasteiger partial charge in [0.25, 0.3) is 5.92 Å². The molecule has 32 heavy (non-hydrogen) atoms. The van der Waals surface area contributed by atoms with Gasteiger partial charge in [-0.25, -0.2) is 23.1 Å². The second-order valence-corrected chi connectivity index (χ2v) is 10.3. The Labute approximate surface area is 191 Å². The smallest absolute Gasteiger partial charge is 0.252 e. The molecule has 1 N–H and O–H groups in total. The molecule has 1 aliphatic rings. The lowest BCUT2D eigenvalue weighted by molar-refractivity contribution is -0.124. The van der Waals surface area contributed by atoms with E-state index in [1.54, 1.807) is 26.0 Å². The highest BCUT2D eigenvalue weighted by molar-refractivity contribution is 6.31. The number of benzene rings is 2. The number of rotatable bonds is 3. The van der Waals surface area contributed by atoms with Gasteiger partial charge in [0.2, 0.25) is 0 Å². The van der Waals surface area contributed by atoms with Gasteiger partial charge in [-0.05, 0) is 67.5 Å². The van der Waals surface area contributed by atoms with Crippen LogP contribution in [0.1, 0.15) is 62.7 Å². The summed E-state index contributed by atoms with van der Waals surface area (Å²) in [5.74, 6) is -3.03. The van der Waals surface area contributed by atoms with Crippen LogP contribution in [0, 0.1) is 25.1 Å². The minimum Gasteiger partial charge on any atom is -0.377 e. The molecule has 0 saturated carbocycles. The molecule has 1 heterocycles. The maximum absolute atomic E-state index is 15.2. The third-order valence-electron chi connectivity index (χ3n) is 6.99. The van der Waals surface area contributed by atoms with Crippen molar-refractivity contribution >= 4 is 28.2 Å². The first kappa shape index (κ1) is 22.8. The number of aryl methyl sites for hydroxylation is 1. The Balaban J connectivity index is 1.97. The van der Waals surface area contributed by atoms with Crippen molar-refractivity contribution in [2.24, 2.45) is 5.41 Å². The Hall–Kier alpha value is -2.34. The molecule has 0 radical (unpaired) electrons. The molecule has 0 fully saturated rings. The molecule has 2 atom stereocenters. The van der Waals surface area contributed by atoms with Gasteiger partial charge in [0.15, 0.2) is 0 Å². The highest BCUT2D eigenvalue weighted by Crippen LogP contribution is 2.60. The van der Waals surface area contributed by atoms with Crippen molar-refractivity contribution in [3.63, 3.8) is 0 Å². The van der Waals surface area contributed by atoms with Crippen molar-refractivity contribution in [3.8, 4) is 0 Å². The molecule has 2 unspecified atom stereocenters. The van der Waals surface area contributed by atoms with Crippen LogP contribution in [0.15, 0.2) is 30.5 Å². The van der Waals surface area contributed by atoms with Crippen LogP contribution in [0.2, 0.25) is 5.02 Å². The summed E-state index contributed by atoms with van der Waals surface area (Å²) in [4.78, 5) is 8.41. The summed E-state index contributed by atoms with van der Waals surface area (Å²) >= 11 is 6.43. The van der Waals surface area contributed by atoms with Crippen LogP contribution in [-0.4, -0.2) is 15.9 Å². The van der Waals surface area contributed by atoms with Crippen LogP contribution in [0.25, 0.3) is 10.9 Å². The molecule has 7 heteroatoms. The molecule has 0 spiro atoms. The first-order valence-corrected chi connectivity index (χ1v) is 11.0. The quantitative estimate of drug-likeness (QED) is 0.438. The van der Waals surface area contributed by atoms with Gasteiger partial charge in [-0.3, -0.25) is 0 Å². The summed E-state index contributed by atoms with van der Waals surface area (Å²) in [6.07, 6.45) is 1.77. The molecule has 1 aliphatic carbocycles. The summed E-state index contributed by atoms with van der Waals surface area (Å²) < 4.78 is 44.9. The first-order valence-electron chi connectivity index (χ1n) is 10.6. The van der Waals surface area contributed by atoms with E-state index in [1.807, 2.05) is 26.8 Å². The average molecular weight is 462 g/mol. The molecule has 0 amide bonds. The van der Waals surface area contributed by atoms with E-state index in [1.165, 1.54) is 12.3 Å². The SMILES string of the molecule is Cc1ncc2c(NC3c4ccc(Cl)c(C)c4C(C)(C)CC3(C)C(C)(F)F)ccc(F)c2n1. The van der Waals surface area contributed by atoms with Crippen molar-refractivity contribution in [2.75, 3.05) is 5.32 Å². The molecule has 1 aromatic heterocycles. The maximum Gasteiger partial charge on any atom is 0.252 e. The van der Waals surface area contributed by atoms with E-state index in [4.69, 9.17) is 11.6 Å². The van der Waals surface area contributed by atoms with Gasteiger partial charge in [-0.2, -0.15) is 0 Å². The van der Waals surface area contributed by atoms with E-state index in [-0.39, 0.29) is 11.9 Å². The third kappa shape index (κ3) is 3.43. The summed E-state index contributed by atoms with van der Waals surface area (Å²) in [5.41, 5.74) is 1.39. The number of hydrogen-bond donors (Lipinski definition) is 1. The lowest BCUT2D eigenvalue weighted by Gasteiger charge is -2.52. The van der Waals surface area contributed by atoms with Crippen LogP contribution >= 0.6 is 11.6 Å². The van der Waals surface area contributed by atoms with E-state index in [0.29, 0.717) is 21.9 Å². The van der Waals surface area contributed by atoms with Crippen molar-refractivity contribution in [1.29, 1.82) is 0 Å². The Bertz CT molecular complexity index is 1220. The monoisotopic (exact) mass is 461 g/mol. The second-order valence-electron chi connectivity index (χ2n) is 9.85. The van der Waals surface area contributed by atoms with Gasteiger partial charge < -0.3 is 5.32 Å². The zero-order chi connectivity index (χ0) is 23.6. The third-order valence-corrected chi connectivity index (χ3v) is 7.40. The van der Waals surface area contributed by atoms with Crippen LogP contribution in [0.4, 0.5) is 18.9 Å². The maximum atomic E-state index is 15.2. The van der Waals surface area contributed by atoms with Gasteiger partial charge >= 0.3 is 0 Å². The predicted molar refractivity (Wildman–Crippen MR) is 123 cm³/mol. The summed E-state index contributed by atoms with van der Waals surface area (Å²) in [6.45, 7) is 10.2. The van der Waals surface area contributed by atoms with Crippen molar-refractivity contribution in [3.05, 3.63) is 63.8 Å². The highest BCUT2D eigenvalue weighted by atomic mass is 35.5. The van der Waals surface area contributed by atoms with Gasteiger partial charge in [-0.1, -0.05) is 38.4 Å². The minimum atomic E-state index is -2.99. The number of fused-ring (bicyclic) bond motifs is 2. The molecular weight excluding hydrogens is 435 g/mol. The molecule has 4 rings (SSSR count). The molecule has 0 saturated heterocycles. The van der Waals surface area contributed by atoms with E-state index in [2.05, 4.69) is 15.3 Å². The average Bonchev–Trinajstić information content (AvgIpc) is 2.67. The number of anilines is 1. The molecule has 3 nitrogen and oxygen atoms in total. The van der Waals surface area contributed by atoms with Crippen LogP contribution < -0.4 is 5.32 Å². The molecule has 0 aliphatic heterocycles. The highest BCUT2D eigenvalue weighted by Gasteiger charge is 2.58. The number of alkyl halides is 2. The topological polar surface area (TPSA) is 37.8 Å². The second kappa shape index (κ2) is 7.34. The Morgan fingerprint density at radius 2 is 1.81 bits per heavy atom. The Morgan fingerprint density at radius 1 is 1.12 bits per heavy atom. The molecule has 2 aromatic carbocycles. The lowest BCUT2D eigenvalue weighted by atomic mass is 9.56.